The number of rotatable bonds is 5. The summed E-state index contributed by atoms with van der Waals surface area (Å²) in [6.07, 6.45) is 4.19. The largest absolute Gasteiger partial charge is 0.274 e. The predicted octanol–water partition coefficient (Wildman–Crippen LogP) is 3.78. The zero-order chi connectivity index (χ0) is 15.7. The first-order valence-electron chi connectivity index (χ1n) is 7.34. The molecule has 0 saturated carbocycles. The van der Waals surface area contributed by atoms with E-state index < -0.39 is 15.4 Å². The molecule has 0 aliphatic heterocycles. The van der Waals surface area contributed by atoms with Crippen molar-refractivity contribution in [2.45, 2.75) is 46.8 Å². The van der Waals surface area contributed by atoms with Gasteiger partial charge in [0.1, 0.15) is 5.25 Å². The molecule has 1 rings (SSSR count). The highest BCUT2D eigenvalue weighted by Gasteiger charge is 2.40. The Hall–Kier alpha value is -0.610. The van der Waals surface area contributed by atoms with Crippen LogP contribution in [0.15, 0.2) is 23.3 Å². The van der Waals surface area contributed by atoms with Crippen LogP contribution in [0.4, 0.5) is 0 Å². The number of hydrogen-bond donors (Lipinski definition) is 0. The van der Waals surface area contributed by atoms with Crippen molar-refractivity contribution < 1.29 is 12.6 Å². The molecular formula is C16H28O3S. The summed E-state index contributed by atoms with van der Waals surface area (Å²) in [5, 5.41) is -0.560. The highest BCUT2D eigenvalue weighted by atomic mass is 32.2. The number of allylic oxidation sites excluding steroid dienone is 3. The average molecular weight is 300 g/mol. The lowest BCUT2D eigenvalue weighted by Crippen LogP contribution is -2.38. The third-order valence-electron chi connectivity index (χ3n) is 4.04. The van der Waals surface area contributed by atoms with E-state index in [9.17, 15) is 8.42 Å². The van der Waals surface area contributed by atoms with E-state index >= 15 is 0 Å². The lowest BCUT2D eigenvalue weighted by Gasteiger charge is -2.35. The smallest absolute Gasteiger partial charge is 0.273 e. The van der Waals surface area contributed by atoms with Crippen LogP contribution in [0.1, 0.15) is 41.5 Å². The first-order valence-corrected chi connectivity index (χ1v) is 8.81. The highest BCUT2D eigenvalue weighted by Crippen LogP contribution is 2.38. The van der Waals surface area contributed by atoms with Gasteiger partial charge in [-0.25, -0.2) is 0 Å². The van der Waals surface area contributed by atoms with Gasteiger partial charge in [0.2, 0.25) is 0 Å². The maximum absolute atomic E-state index is 12.4. The van der Waals surface area contributed by atoms with E-state index in [1.165, 1.54) is 12.7 Å². The molecule has 20 heavy (non-hydrogen) atoms. The lowest BCUT2D eigenvalue weighted by molar-refractivity contribution is 0.357. The molecule has 0 heterocycles. The van der Waals surface area contributed by atoms with Crippen molar-refractivity contribution in [3.63, 3.8) is 0 Å². The Labute approximate surface area is 124 Å². The van der Waals surface area contributed by atoms with Crippen LogP contribution < -0.4 is 0 Å². The topological polar surface area (TPSA) is 43.4 Å². The summed E-state index contributed by atoms with van der Waals surface area (Å²) in [6, 6.07) is 0. The minimum atomic E-state index is -3.57. The summed E-state index contributed by atoms with van der Waals surface area (Å²) in [6.45, 7) is 12.5. The molecule has 4 heteroatoms. The van der Waals surface area contributed by atoms with Crippen molar-refractivity contribution in [2.24, 2.45) is 23.7 Å². The van der Waals surface area contributed by atoms with E-state index in [1.807, 2.05) is 13.8 Å². The van der Waals surface area contributed by atoms with Crippen LogP contribution in [-0.2, 0) is 14.3 Å². The van der Waals surface area contributed by atoms with Gasteiger partial charge in [-0.05, 0) is 28.9 Å². The molecule has 0 N–H and O–H groups in total. The number of hydrogen-bond acceptors (Lipinski definition) is 3. The van der Waals surface area contributed by atoms with Gasteiger partial charge < -0.3 is 0 Å². The summed E-state index contributed by atoms with van der Waals surface area (Å²) in [7, 11) is -2.32. The maximum Gasteiger partial charge on any atom is 0.274 e. The fourth-order valence-corrected chi connectivity index (χ4v) is 4.37. The minimum absolute atomic E-state index is 0.0280. The van der Waals surface area contributed by atoms with Crippen LogP contribution in [0.2, 0.25) is 0 Å². The Morgan fingerprint density at radius 3 is 1.95 bits per heavy atom. The van der Waals surface area contributed by atoms with Gasteiger partial charge in [0, 0.05) is 5.92 Å². The van der Waals surface area contributed by atoms with Gasteiger partial charge in [-0.15, -0.1) is 0 Å². The van der Waals surface area contributed by atoms with Gasteiger partial charge in [-0.3, -0.25) is 4.18 Å². The molecule has 0 aromatic rings. The molecule has 0 saturated heterocycles. The summed E-state index contributed by atoms with van der Waals surface area (Å²) >= 11 is 0. The van der Waals surface area contributed by atoms with Crippen LogP contribution in [0, 0.1) is 23.7 Å². The molecule has 116 valence electrons. The molecule has 0 aromatic heterocycles. The fourth-order valence-electron chi connectivity index (χ4n) is 2.71. The minimum Gasteiger partial charge on any atom is -0.273 e. The van der Waals surface area contributed by atoms with E-state index in [2.05, 4.69) is 39.8 Å². The third kappa shape index (κ3) is 3.53. The van der Waals surface area contributed by atoms with E-state index in [-0.39, 0.29) is 17.8 Å². The van der Waals surface area contributed by atoms with Crippen molar-refractivity contribution in [3.05, 3.63) is 23.3 Å². The van der Waals surface area contributed by atoms with Gasteiger partial charge >= 0.3 is 0 Å². The van der Waals surface area contributed by atoms with Crippen molar-refractivity contribution in [3.8, 4) is 0 Å². The molecule has 0 spiro atoms. The van der Waals surface area contributed by atoms with Crippen LogP contribution in [0.5, 0.6) is 0 Å². The van der Waals surface area contributed by atoms with E-state index in [4.69, 9.17) is 4.18 Å². The molecule has 1 aliphatic rings. The van der Waals surface area contributed by atoms with Gasteiger partial charge in [0.25, 0.3) is 10.1 Å². The average Bonchev–Trinajstić information content (AvgIpc) is 2.36. The quantitative estimate of drug-likeness (QED) is 0.726. The summed E-state index contributed by atoms with van der Waals surface area (Å²) in [4.78, 5) is 0. The molecule has 0 aromatic carbocycles. The summed E-state index contributed by atoms with van der Waals surface area (Å²) < 4.78 is 29.6. The Morgan fingerprint density at radius 1 is 1.05 bits per heavy atom. The summed E-state index contributed by atoms with van der Waals surface area (Å²) in [5.74, 6) is 0.811. The monoisotopic (exact) mass is 300 g/mol. The molecular weight excluding hydrogens is 272 g/mol. The maximum atomic E-state index is 12.4. The first kappa shape index (κ1) is 17.4. The molecule has 2 unspecified atom stereocenters. The van der Waals surface area contributed by atoms with Crippen LogP contribution in [0.25, 0.3) is 0 Å². The van der Waals surface area contributed by atoms with Crippen molar-refractivity contribution in [1.82, 2.24) is 0 Å². The second-order valence-corrected chi connectivity index (χ2v) is 8.35. The van der Waals surface area contributed by atoms with Gasteiger partial charge in [-0.2, -0.15) is 8.42 Å². The standard InChI is InChI=1S/C16H28O3S/c1-10(2)13-8-14(11(3)4)16(20(17,18)19-7)15(9-13)12(5)6/h8-12,14,16H,1-7H3. The van der Waals surface area contributed by atoms with E-state index in [0.717, 1.165) is 5.57 Å². The van der Waals surface area contributed by atoms with Gasteiger partial charge in [0.15, 0.2) is 0 Å². The summed E-state index contributed by atoms with van der Waals surface area (Å²) in [5.41, 5.74) is 2.20. The Kier molecular flexibility index (Phi) is 5.61. The van der Waals surface area contributed by atoms with Crippen molar-refractivity contribution >= 4 is 10.1 Å². The second kappa shape index (κ2) is 6.44. The first-order chi connectivity index (χ1) is 9.11. The van der Waals surface area contributed by atoms with Crippen LogP contribution in [-0.4, -0.2) is 20.8 Å². The molecule has 3 nitrogen and oxygen atoms in total. The lowest BCUT2D eigenvalue weighted by atomic mass is 9.77. The van der Waals surface area contributed by atoms with Crippen LogP contribution in [0.3, 0.4) is 0 Å². The van der Waals surface area contributed by atoms with E-state index in [0.29, 0.717) is 5.92 Å². The molecule has 0 bridgehead atoms. The van der Waals surface area contributed by atoms with E-state index in [1.54, 1.807) is 0 Å². The highest BCUT2D eigenvalue weighted by molar-refractivity contribution is 7.87. The van der Waals surface area contributed by atoms with Crippen molar-refractivity contribution in [1.29, 1.82) is 0 Å². The molecule has 1 aliphatic carbocycles. The van der Waals surface area contributed by atoms with Gasteiger partial charge in [0.05, 0.1) is 7.11 Å². The third-order valence-corrected chi connectivity index (χ3v) is 5.72. The van der Waals surface area contributed by atoms with Gasteiger partial charge in [-0.1, -0.05) is 53.7 Å². The molecule has 2 atom stereocenters. The zero-order valence-electron chi connectivity index (χ0n) is 13.7. The normalized spacial score (nSPS) is 24.3. The predicted molar refractivity (Wildman–Crippen MR) is 83.9 cm³/mol. The fraction of sp³-hybridized carbons (Fsp3) is 0.750. The Morgan fingerprint density at radius 2 is 1.60 bits per heavy atom. The zero-order valence-corrected chi connectivity index (χ0v) is 14.5. The second-order valence-electron chi connectivity index (χ2n) is 6.52. The van der Waals surface area contributed by atoms with Crippen LogP contribution >= 0.6 is 0 Å². The molecule has 0 fully saturated rings. The Bertz CT molecular complexity index is 496. The molecule has 0 radical (unpaired) electrons. The Balaban J connectivity index is 3.43. The van der Waals surface area contributed by atoms with Crippen molar-refractivity contribution in [2.75, 3.05) is 7.11 Å². The SMILES string of the molecule is COS(=O)(=O)C1C(C(C)C)=CC(C(C)C)=CC1C(C)C. The molecule has 0 amide bonds.